The molecule has 1 aromatic carbocycles. The Bertz CT molecular complexity index is 916. The van der Waals surface area contributed by atoms with Gasteiger partial charge in [0.15, 0.2) is 0 Å². The van der Waals surface area contributed by atoms with Gasteiger partial charge in [-0.2, -0.15) is 0 Å². The van der Waals surface area contributed by atoms with Gasteiger partial charge in [0.1, 0.15) is 17.6 Å². The van der Waals surface area contributed by atoms with E-state index in [1.165, 1.54) is 17.7 Å². The zero-order chi connectivity index (χ0) is 23.0. The summed E-state index contributed by atoms with van der Waals surface area (Å²) < 4.78 is 13.1. The zero-order valence-corrected chi connectivity index (χ0v) is 19.0. The summed E-state index contributed by atoms with van der Waals surface area (Å²) >= 11 is 0. The van der Waals surface area contributed by atoms with E-state index < -0.39 is 6.04 Å². The van der Waals surface area contributed by atoms with Crippen LogP contribution < -0.4 is 10.6 Å². The summed E-state index contributed by atoms with van der Waals surface area (Å²) in [6, 6.07) is 11.9. The lowest BCUT2D eigenvalue weighted by Crippen LogP contribution is -2.50. The highest BCUT2D eigenvalue weighted by Gasteiger charge is 2.37. The van der Waals surface area contributed by atoms with Gasteiger partial charge in [0.2, 0.25) is 5.91 Å². The number of nitrogens with zero attached hydrogens (tertiary/aromatic N) is 2. The summed E-state index contributed by atoms with van der Waals surface area (Å²) in [5.41, 5.74) is 1.51. The van der Waals surface area contributed by atoms with Gasteiger partial charge >= 0.3 is 0 Å². The minimum Gasteiger partial charge on any atom is -0.341 e. The number of piperidine rings is 1. The molecule has 1 aliphatic carbocycles. The van der Waals surface area contributed by atoms with Crippen molar-refractivity contribution in [3.63, 3.8) is 0 Å². The van der Waals surface area contributed by atoms with Crippen molar-refractivity contribution >= 4 is 11.8 Å². The molecular weight excluding hydrogens is 419 g/mol. The van der Waals surface area contributed by atoms with Crippen LogP contribution in [-0.4, -0.2) is 53.4 Å². The number of nitrogens with one attached hydrogen (secondary N) is 2. The Kier molecular flexibility index (Phi) is 8.05. The normalized spacial score (nSPS) is 20.8. The molecule has 3 unspecified atom stereocenters. The number of benzene rings is 1. The molecule has 2 fully saturated rings. The second-order valence-corrected chi connectivity index (χ2v) is 9.08. The number of pyridine rings is 1. The summed E-state index contributed by atoms with van der Waals surface area (Å²) in [7, 11) is 0. The first-order chi connectivity index (χ1) is 16.1. The Morgan fingerprint density at radius 2 is 1.85 bits per heavy atom. The van der Waals surface area contributed by atoms with Crippen molar-refractivity contribution in [1.82, 2.24) is 20.5 Å². The van der Waals surface area contributed by atoms with Crippen molar-refractivity contribution in [3.05, 3.63) is 65.7 Å². The molecule has 6 nitrogen and oxygen atoms in total. The molecule has 0 radical (unpaired) electrons. The molecule has 7 heteroatoms. The van der Waals surface area contributed by atoms with Gasteiger partial charge < -0.3 is 15.5 Å². The fourth-order valence-corrected chi connectivity index (χ4v) is 4.58. The number of carbonyl (C=O) groups is 2. The molecule has 1 aliphatic heterocycles. The Labute approximate surface area is 195 Å². The number of hydrogen-bond acceptors (Lipinski definition) is 4. The van der Waals surface area contributed by atoms with Gasteiger partial charge in [0.25, 0.3) is 5.91 Å². The molecule has 2 amide bonds. The highest BCUT2D eigenvalue weighted by Crippen LogP contribution is 2.40. The second-order valence-electron chi connectivity index (χ2n) is 9.08. The Morgan fingerprint density at radius 1 is 1.06 bits per heavy atom. The van der Waals surface area contributed by atoms with Crippen LogP contribution in [0, 0.1) is 5.82 Å². The standard InChI is InChI=1S/C26H33FN4O2/c27-20-12-10-19(11-13-20)21-18-24(21)29-15-5-3-9-23(26(33)31-16-6-1-7-17-31)30-25(32)22-8-2-4-14-28-22/h2,4,8,10-14,21,23-24,29H,1,3,5-7,9,15-18H2,(H,30,32). The van der Waals surface area contributed by atoms with Crippen molar-refractivity contribution in [2.24, 2.45) is 0 Å². The van der Waals surface area contributed by atoms with E-state index >= 15 is 0 Å². The van der Waals surface area contributed by atoms with E-state index in [4.69, 9.17) is 0 Å². The topological polar surface area (TPSA) is 74.3 Å². The predicted octanol–water partition coefficient (Wildman–Crippen LogP) is 3.65. The third kappa shape index (κ3) is 6.60. The summed E-state index contributed by atoms with van der Waals surface area (Å²) in [5, 5.41) is 6.50. The molecule has 1 aromatic heterocycles. The first-order valence-electron chi connectivity index (χ1n) is 12.1. The average molecular weight is 453 g/mol. The van der Waals surface area contributed by atoms with Crippen LogP contribution in [0.2, 0.25) is 0 Å². The van der Waals surface area contributed by atoms with E-state index in [9.17, 15) is 14.0 Å². The van der Waals surface area contributed by atoms with E-state index in [1.54, 1.807) is 24.4 Å². The van der Waals surface area contributed by atoms with Gasteiger partial charge in [-0.05, 0) is 81.3 Å². The largest absolute Gasteiger partial charge is 0.341 e. The van der Waals surface area contributed by atoms with E-state index in [-0.39, 0.29) is 17.6 Å². The molecule has 33 heavy (non-hydrogen) atoms. The van der Waals surface area contributed by atoms with Crippen LogP contribution in [-0.2, 0) is 4.79 Å². The highest BCUT2D eigenvalue weighted by atomic mass is 19.1. The maximum atomic E-state index is 13.1. The van der Waals surface area contributed by atoms with Crippen molar-refractivity contribution in [2.75, 3.05) is 19.6 Å². The molecule has 0 bridgehead atoms. The van der Waals surface area contributed by atoms with Crippen molar-refractivity contribution < 1.29 is 14.0 Å². The van der Waals surface area contributed by atoms with Crippen LogP contribution in [0.4, 0.5) is 4.39 Å². The van der Waals surface area contributed by atoms with Crippen LogP contribution in [0.3, 0.4) is 0 Å². The van der Waals surface area contributed by atoms with E-state index in [0.717, 1.165) is 58.2 Å². The lowest BCUT2D eigenvalue weighted by molar-refractivity contribution is -0.134. The van der Waals surface area contributed by atoms with Gasteiger partial charge in [0.05, 0.1) is 0 Å². The van der Waals surface area contributed by atoms with Gasteiger partial charge in [-0.25, -0.2) is 4.39 Å². The first-order valence-corrected chi connectivity index (χ1v) is 12.1. The maximum Gasteiger partial charge on any atom is 0.270 e. The molecule has 0 spiro atoms. The fraction of sp³-hybridized carbons (Fsp3) is 0.500. The number of hydrogen-bond donors (Lipinski definition) is 2. The number of aromatic nitrogens is 1. The monoisotopic (exact) mass is 452 g/mol. The molecular formula is C26H33FN4O2. The number of amides is 2. The number of unbranched alkanes of at least 4 members (excludes halogenated alkanes) is 1. The number of carbonyl (C=O) groups excluding carboxylic acids is 2. The molecule has 3 atom stereocenters. The lowest BCUT2D eigenvalue weighted by atomic mass is 10.0. The Morgan fingerprint density at radius 3 is 2.58 bits per heavy atom. The average Bonchev–Trinajstić information content (AvgIpc) is 3.63. The predicted molar refractivity (Wildman–Crippen MR) is 125 cm³/mol. The van der Waals surface area contributed by atoms with Crippen LogP contribution in [0.5, 0.6) is 0 Å². The molecule has 2 heterocycles. The van der Waals surface area contributed by atoms with Crippen LogP contribution in [0.25, 0.3) is 0 Å². The van der Waals surface area contributed by atoms with Gasteiger partial charge in [-0.3, -0.25) is 14.6 Å². The smallest absolute Gasteiger partial charge is 0.270 e. The van der Waals surface area contributed by atoms with Crippen molar-refractivity contribution in [2.45, 2.75) is 62.9 Å². The lowest BCUT2D eigenvalue weighted by Gasteiger charge is -2.30. The Balaban J connectivity index is 1.24. The third-order valence-electron chi connectivity index (χ3n) is 6.58. The van der Waals surface area contributed by atoms with Crippen LogP contribution in [0.1, 0.15) is 66.9 Å². The molecule has 1 saturated heterocycles. The van der Waals surface area contributed by atoms with Crippen molar-refractivity contribution in [1.29, 1.82) is 0 Å². The van der Waals surface area contributed by atoms with Crippen molar-refractivity contribution in [3.8, 4) is 0 Å². The molecule has 4 rings (SSSR count). The maximum absolute atomic E-state index is 13.1. The zero-order valence-electron chi connectivity index (χ0n) is 19.0. The molecule has 176 valence electrons. The molecule has 1 saturated carbocycles. The number of rotatable bonds is 10. The van der Waals surface area contributed by atoms with E-state index in [1.807, 2.05) is 17.0 Å². The summed E-state index contributed by atoms with van der Waals surface area (Å²) in [6.07, 6.45) is 8.23. The van der Waals surface area contributed by atoms with E-state index in [0.29, 0.717) is 24.1 Å². The van der Waals surface area contributed by atoms with Gasteiger partial charge in [0, 0.05) is 31.2 Å². The Hall–Kier alpha value is -2.80. The summed E-state index contributed by atoms with van der Waals surface area (Å²) in [5.74, 6) is -0.0286. The third-order valence-corrected chi connectivity index (χ3v) is 6.58. The molecule has 2 aromatic rings. The van der Waals surface area contributed by atoms with Gasteiger partial charge in [-0.15, -0.1) is 0 Å². The minimum absolute atomic E-state index is 0.0190. The van der Waals surface area contributed by atoms with E-state index in [2.05, 4.69) is 15.6 Å². The van der Waals surface area contributed by atoms with Crippen LogP contribution >= 0.6 is 0 Å². The highest BCUT2D eigenvalue weighted by molar-refractivity contribution is 5.96. The van der Waals surface area contributed by atoms with Gasteiger partial charge in [-0.1, -0.05) is 18.2 Å². The molecule has 2 aliphatic rings. The minimum atomic E-state index is -0.523. The quantitative estimate of drug-likeness (QED) is 0.540. The summed E-state index contributed by atoms with van der Waals surface area (Å²) in [6.45, 7) is 2.40. The first kappa shape index (κ1) is 23.4. The number of likely N-dealkylation sites (tertiary alicyclic amines) is 1. The second kappa shape index (κ2) is 11.4. The fourth-order valence-electron chi connectivity index (χ4n) is 4.58. The SMILES string of the molecule is O=C(NC(CCCCNC1CC1c1ccc(F)cc1)C(=O)N1CCCCC1)c1ccccn1. The number of halogens is 1. The summed E-state index contributed by atoms with van der Waals surface area (Å²) in [4.78, 5) is 31.8. The van der Waals surface area contributed by atoms with Crippen LogP contribution in [0.15, 0.2) is 48.7 Å². The molecule has 2 N–H and O–H groups in total.